The van der Waals surface area contributed by atoms with Gasteiger partial charge in [0.2, 0.25) is 5.91 Å². The van der Waals surface area contributed by atoms with Crippen molar-refractivity contribution < 1.29 is 14.0 Å². The predicted molar refractivity (Wildman–Crippen MR) is 106 cm³/mol. The highest BCUT2D eigenvalue weighted by Crippen LogP contribution is 2.22. The Morgan fingerprint density at radius 1 is 1.14 bits per heavy atom. The fourth-order valence-corrected chi connectivity index (χ4v) is 4.10. The van der Waals surface area contributed by atoms with Gasteiger partial charge in [0.1, 0.15) is 5.82 Å². The van der Waals surface area contributed by atoms with Crippen LogP contribution in [0.4, 0.5) is 9.18 Å². The van der Waals surface area contributed by atoms with E-state index in [2.05, 4.69) is 5.32 Å². The van der Waals surface area contributed by atoms with Gasteiger partial charge in [0.05, 0.1) is 6.04 Å². The molecule has 6 nitrogen and oxygen atoms in total. The maximum absolute atomic E-state index is 13.6. The van der Waals surface area contributed by atoms with Crippen LogP contribution in [-0.2, 0) is 4.79 Å². The van der Waals surface area contributed by atoms with Crippen molar-refractivity contribution in [1.29, 1.82) is 0 Å². The standard InChI is InChI=1S/C21H31FN4O2/c1-24(2)19(17-6-5-7-18(22)14-17)15-23-20(27)16-8-12-26(13-9-16)21(28)25-10-3-4-11-25/h5-7,14,16,19H,3-4,8-13,15H2,1-2H3,(H,23,27). The first kappa shape index (κ1) is 20.6. The fraction of sp³-hybridized carbons (Fsp3) is 0.619. The summed E-state index contributed by atoms with van der Waals surface area (Å²) in [6, 6.07) is 6.54. The second kappa shape index (κ2) is 9.37. The molecule has 2 heterocycles. The van der Waals surface area contributed by atoms with E-state index < -0.39 is 0 Å². The van der Waals surface area contributed by atoms with E-state index in [0.29, 0.717) is 32.5 Å². The lowest BCUT2D eigenvalue weighted by Gasteiger charge is -2.34. The number of likely N-dealkylation sites (tertiary alicyclic amines) is 2. The van der Waals surface area contributed by atoms with E-state index in [-0.39, 0.29) is 29.7 Å². The molecule has 0 aromatic heterocycles. The number of amides is 3. The van der Waals surface area contributed by atoms with Crippen molar-refractivity contribution in [3.63, 3.8) is 0 Å². The van der Waals surface area contributed by atoms with Gasteiger partial charge < -0.3 is 20.0 Å². The Morgan fingerprint density at radius 2 is 1.79 bits per heavy atom. The minimum atomic E-state index is -0.272. The topological polar surface area (TPSA) is 55.9 Å². The minimum absolute atomic E-state index is 0.0246. The van der Waals surface area contributed by atoms with Crippen molar-refractivity contribution in [2.75, 3.05) is 46.8 Å². The van der Waals surface area contributed by atoms with Crippen LogP contribution in [0.3, 0.4) is 0 Å². The van der Waals surface area contributed by atoms with Gasteiger partial charge in [0, 0.05) is 38.6 Å². The Bertz CT molecular complexity index is 683. The summed E-state index contributed by atoms with van der Waals surface area (Å²) < 4.78 is 13.6. The van der Waals surface area contributed by atoms with Crippen molar-refractivity contribution in [3.8, 4) is 0 Å². The molecule has 1 N–H and O–H groups in total. The normalized spacial score (nSPS) is 19.1. The molecular formula is C21H31FN4O2. The summed E-state index contributed by atoms with van der Waals surface area (Å²) in [5.74, 6) is -0.319. The number of hydrogen-bond acceptors (Lipinski definition) is 3. The predicted octanol–water partition coefficient (Wildman–Crippen LogP) is 2.47. The molecule has 2 saturated heterocycles. The lowest BCUT2D eigenvalue weighted by Crippen LogP contribution is -2.48. The van der Waals surface area contributed by atoms with Gasteiger partial charge in [-0.1, -0.05) is 12.1 Å². The van der Waals surface area contributed by atoms with E-state index in [1.165, 1.54) is 12.1 Å². The number of piperidine rings is 1. The van der Waals surface area contributed by atoms with Crippen molar-refractivity contribution in [3.05, 3.63) is 35.6 Å². The highest BCUT2D eigenvalue weighted by atomic mass is 19.1. The van der Waals surface area contributed by atoms with Crippen LogP contribution in [0.1, 0.15) is 37.3 Å². The van der Waals surface area contributed by atoms with Crippen LogP contribution in [0.2, 0.25) is 0 Å². The molecule has 1 aromatic rings. The Labute approximate surface area is 166 Å². The third kappa shape index (κ3) is 5.01. The van der Waals surface area contributed by atoms with Crippen LogP contribution in [0, 0.1) is 11.7 Å². The third-order valence-electron chi connectivity index (χ3n) is 5.84. The van der Waals surface area contributed by atoms with Crippen LogP contribution in [0.15, 0.2) is 24.3 Å². The summed E-state index contributed by atoms with van der Waals surface area (Å²) in [6.45, 7) is 3.40. The largest absolute Gasteiger partial charge is 0.354 e. The summed E-state index contributed by atoms with van der Waals surface area (Å²) in [4.78, 5) is 30.9. The van der Waals surface area contributed by atoms with Crippen molar-refractivity contribution >= 4 is 11.9 Å². The summed E-state index contributed by atoms with van der Waals surface area (Å²) in [7, 11) is 3.84. The van der Waals surface area contributed by atoms with Crippen LogP contribution in [0.25, 0.3) is 0 Å². The molecule has 2 fully saturated rings. The molecule has 7 heteroatoms. The average Bonchev–Trinajstić information content (AvgIpc) is 3.22. The summed E-state index contributed by atoms with van der Waals surface area (Å²) in [6.07, 6.45) is 3.56. The molecule has 28 heavy (non-hydrogen) atoms. The van der Waals surface area contributed by atoms with Crippen molar-refractivity contribution in [2.24, 2.45) is 5.92 Å². The maximum Gasteiger partial charge on any atom is 0.319 e. The van der Waals surface area contributed by atoms with Gasteiger partial charge in [-0.15, -0.1) is 0 Å². The number of urea groups is 1. The Hall–Kier alpha value is -2.15. The summed E-state index contributed by atoms with van der Waals surface area (Å²) in [5, 5.41) is 3.03. The van der Waals surface area contributed by atoms with Crippen LogP contribution in [0.5, 0.6) is 0 Å². The molecular weight excluding hydrogens is 359 g/mol. The van der Waals surface area contributed by atoms with Gasteiger partial charge in [-0.05, 0) is 57.5 Å². The van der Waals surface area contributed by atoms with E-state index in [9.17, 15) is 14.0 Å². The average molecular weight is 391 g/mol. The number of nitrogens with one attached hydrogen (secondary N) is 1. The number of rotatable bonds is 5. The van der Waals surface area contributed by atoms with Gasteiger partial charge >= 0.3 is 6.03 Å². The van der Waals surface area contributed by atoms with E-state index in [1.54, 1.807) is 6.07 Å². The van der Waals surface area contributed by atoms with E-state index in [1.807, 2.05) is 34.9 Å². The molecule has 3 rings (SSSR count). The van der Waals surface area contributed by atoms with Gasteiger partial charge in [-0.3, -0.25) is 4.79 Å². The van der Waals surface area contributed by atoms with E-state index >= 15 is 0 Å². The minimum Gasteiger partial charge on any atom is -0.354 e. The van der Waals surface area contributed by atoms with Gasteiger partial charge in [-0.25, -0.2) is 9.18 Å². The molecule has 0 radical (unpaired) electrons. The highest BCUT2D eigenvalue weighted by molar-refractivity contribution is 5.79. The Kier molecular flexibility index (Phi) is 6.88. The maximum atomic E-state index is 13.6. The first-order valence-electron chi connectivity index (χ1n) is 10.2. The van der Waals surface area contributed by atoms with Crippen LogP contribution in [-0.4, -0.2) is 73.5 Å². The van der Waals surface area contributed by atoms with Crippen LogP contribution >= 0.6 is 0 Å². The molecule has 0 bridgehead atoms. The Balaban J connectivity index is 1.49. The van der Waals surface area contributed by atoms with Crippen molar-refractivity contribution in [2.45, 2.75) is 31.7 Å². The van der Waals surface area contributed by atoms with Gasteiger partial charge in [0.25, 0.3) is 0 Å². The highest BCUT2D eigenvalue weighted by Gasteiger charge is 2.30. The lowest BCUT2D eigenvalue weighted by atomic mass is 9.95. The quantitative estimate of drug-likeness (QED) is 0.840. The van der Waals surface area contributed by atoms with Crippen LogP contribution < -0.4 is 5.32 Å². The van der Waals surface area contributed by atoms with E-state index in [0.717, 1.165) is 31.5 Å². The number of benzene rings is 1. The number of carbonyl (C=O) groups excluding carboxylic acids is 2. The monoisotopic (exact) mass is 390 g/mol. The molecule has 0 spiro atoms. The molecule has 154 valence electrons. The van der Waals surface area contributed by atoms with Gasteiger partial charge in [-0.2, -0.15) is 0 Å². The van der Waals surface area contributed by atoms with E-state index in [4.69, 9.17) is 0 Å². The number of hydrogen-bond donors (Lipinski definition) is 1. The second-order valence-corrected chi connectivity index (χ2v) is 8.02. The fourth-order valence-electron chi connectivity index (χ4n) is 4.10. The number of halogens is 1. The molecule has 2 aliphatic rings. The van der Waals surface area contributed by atoms with Crippen molar-refractivity contribution in [1.82, 2.24) is 20.0 Å². The summed E-state index contributed by atoms with van der Waals surface area (Å²) >= 11 is 0. The second-order valence-electron chi connectivity index (χ2n) is 8.02. The lowest BCUT2D eigenvalue weighted by molar-refractivity contribution is -0.126. The SMILES string of the molecule is CN(C)C(CNC(=O)C1CCN(C(=O)N2CCCC2)CC1)c1cccc(F)c1. The smallest absolute Gasteiger partial charge is 0.319 e. The molecule has 1 unspecified atom stereocenters. The zero-order valence-corrected chi connectivity index (χ0v) is 16.9. The zero-order valence-electron chi connectivity index (χ0n) is 16.9. The molecule has 1 aromatic carbocycles. The first-order chi connectivity index (χ1) is 13.5. The first-order valence-corrected chi connectivity index (χ1v) is 10.2. The zero-order chi connectivity index (χ0) is 20.1. The number of nitrogens with zero attached hydrogens (tertiary/aromatic N) is 3. The molecule has 0 aliphatic carbocycles. The Morgan fingerprint density at radius 3 is 2.39 bits per heavy atom. The molecule has 0 saturated carbocycles. The number of likely N-dealkylation sites (N-methyl/N-ethyl adjacent to an activating group) is 1. The third-order valence-corrected chi connectivity index (χ3v) is 5.84. The van der Waals surface area contributed by atoms with Gasteiger partial charge in [0.15, 0.2) is 0 Å². The number of carbonyl (C=O) groups is 2. The molecule has 2 aliphatic heterocycles. The molecule has 3 amide bonds. The summed E-state index contributed by atoms with van der Waals surface area (Å²) in [5.41, 5.74) is 0.844. The molecule has 1 atom stereocenters.